The molecule has 14 rings (SSSR count). The molecule has 0 aromatic heterocycles. The lowest BCUT2D eigenvalue weighted by molar-refractivity contribution is -0.159. The van der Waals surface area contributed by atoms with E-state index in [0.29, 0.717) is 61.0 Å². The average Bonchev–Trinajstić information content (AvgIpc) is 1.72. The van der Waals surface area contributed by atoms with Crippen molar-refractivity contribution in [2.75, 3.05) is 59.6 Å². The Morgan fingerprint density at radius 2 is 0.588 bits per heavy atom. The molecule has 7 atom stereocenters. The van der Waals surface area contributed by atoms with Gasteiger partial charge in [-0.2, -0.15) is 8.78 Å². The molecule has 1 aliphatic carbocycles. The van der Waals surface area contributed by atoms with Gasteiger partial charge in [0.1, 0.15) is 46.9 Å². The summed E-state index contributed by atoms with van der Waals surface area (Å²) in [5.74, 6) is 6.03. The molecule has 0 amide bonds. The van der Waals surface area contributed by atoms with Gasteiger partial charge in [-0.25, -0.2) is 4.39 Å². The highest BCUT2D eigenvalue weighted by Gasteiger charge is 2.42. The van der Waals surface area contributed by atoms with Gasteiger partial charge in [-0.3, -0.25) is 29.4 Å². The molecule has 7 unspecified atom stereocenters. The number of hydrogen-bond acceptors (Lipinski definition) is 13. The zero-order chi connectivity index (χ0) is 86.7. The molecule has 0 N–H and O–H groups in total. The van der Waals surface area contributed by atoms with E-state index in [4.69, 9.17) is 33.2 Å². The minimum absolute atomic E-state index is 0.0169. The number of rotatable bonds is 20. The van der Waals surface area contributed by atoms with E-state index >= 15 is 0 Å². The molecule has 16 heteroatoms. The summed E-state index contributed by atoms with van der Waals surface area (Å²) in [7, 11) is 1.70. The normalized spacial score (nSPS) is 21.4. The Labute approximate surface area is 717 Å². The summed E-state index contributed by atoms with van der Waals surface area (Å²) >= 11 is 0. The van der Waals surface area contributed by atoms with E-state index in [0.717, 1.165) is 85.7 Å². The van der Waals surface area contributed by atoms with Crippen LogP contribution in [-0.4, -0.2) is 147 Å². The van der Waals surface area contributed by atoms with Gasteiger partial charge in [-0.15, -0.1) is 0 Å². The number of para-hydroxylation sites is 7. The van der Waals surface area contributed by atoms with Gasteiger partial charge in [0.25, 0.3) is 0 Å². The van der Waals surface area contributed by atoms with Gasteiger partial charge in [0.15, 0.2) is 0 Å². The lowest BCUT2D eigenvalue weighted by Crippen LogP contribution is -2.40. The fourth-order valence-corrected chi connectivity index (χ4v) is 18.4. The fourth-order valence-electron chi connectivity index (χ4n) is 18.4. The molecule has 1 saturated carbocycles. The van der Waals surface area contributed by atoms with Gasteiger partial charge in [0.2, 0.25) is 6.36 Å². The molecular formula is C103H151F3N6O7. The zero-order valence-electron chi connectivity index (χ0n) is 77.2. The number of ether oxygens (including phenoxy) is 7. The topological polar surface area (TPSA) is 84.0 Å². The molecule has 656 valence electrons. The molecule has 6 saturated heterocycles. The van der Waals surface area contributed by atoms with Crippen LogP contribution in [0.25, 0.3) is 0 Å². The minimum atomic E-state index is -3.15. The lowest BCUT2D eigenvalue weighted by atomic mass is 9.98. The van der Waals surface area contributed by atoms with Crippen LogP contribution in [0.1, 0.15) is 312 Å². The van der Waals surface area contributed by atoms with Gasteiger partial charge in [0.05, 0.1) is 18.8 Å². The lowest BCUT2D eigenvalue weighted by Gasteiger charge is -2.37. The molecule has 7 aromatic rings. The Balaban J connectivity index is 0.000000163. The average molecular weight is 1640 g/mol. The number of methoxy groups -OCH3 is 1. The van der Waals surface area contributed by atoms with E-state index in [1.54, 1.807) is 19.2 Å². The zero-order valence-corrected chi connectivity index (χ0v) is 77.2. The standard InChI is InChI=1S/C20H25NO.C17H27NO2.C17H25NO.C17H27NO.C16H23F2NO.C16H24FNO/c1-20(2,3)21-15-9-13-18(21)17-12-7-8-14-19(17)22-16-10-5-4-6-11-16;1-17(2,3)18-11-7-9-15(18)14-8-5-6-10-16(14)20-13-12-19-4;1-17(2,3)18-12-6-8-15(18)14-7-4-5-9-16(14)19-13-10-11-13;1-13(2)19-16-11-7-6-9-14(16)15-10-8-12-18(15)17(3,4)5;1-15(2,3)19-11-7-9-13(19)12-8-5-6-10-14(12)20-16(4,17)18;1-12(17)19-15-10-6-5-8-13(15)14-9-7-11-18(14)16(2,3)4/h4-8,10-12,14,18H,9,13,15H2,1-3H3;5-6,8,10,15H,7,9,11-13H2,1-4H3;4-5,7,9,13,15H,6,8,10-12H2,1-3H3;6-7,9,11,13,15H,8,10,12H2,1-5H3;5-6,8,10,13H,7,9,11H2,1-4H3;5-6,8,10,12,14H,7,9,11H2,1-4H3. The predicted octanol–water partition coefficient (Wildman–Crippen LogP) is 26.6. The summed E-state index contributed by atoms with van der Waals surface area (Å²) in [5, 5.41) is 0. The summed E-state index contributed by atoms with van der Waals surface area (Å²) < 4.78 is 78.9. The van der Waals surface area contributed by atoms with E-state index in [1.807, 2.05) is 66.7 Å². The maximum absolute atomic E-state index is 13.2. The molecule has 0 bridgehead atoms. The van der Waals surface area contributed by atoms with Crippen LogP contribution in [0.15, 0.2) is 176 Å². The van der Waals surface area contributed by atoms with Crippen LogP contribution in [0, 0.1) is 0 Å². The maximum atomic E-state index is 13.2. The Hall–Kier alpha value is -7.15. The number of hydrogen-bond donors (Lipinski definition) is 0. The first kappa shape index (κ1) is 95.7. The molecule has 6 heterocycles. The van der Waals surface area contributed by atoms with Crippen molar-refractivity contribution in [3.63, 3.8) is 0 Å². The molecular weight excluding hydrogens is 1490 g/mol. The third-order valence-corrected chi connectivity index (χ3v) is 23.6. The molecule has 13 nitrogen and oxygen atoms in total. The van der Waals surface area contributed by atoms with Crippen LogP contribution >= 0.6 is 0 Å². The molecule has 6 aliphatic heterocycles. The highest BCUT2D eigenvalue weighted by Crippen LogP contribution is 2.48. The Morgan fingerprint density at radius 3 is 0.899 bits per heavy atom. The Morgan fingerprint density at radius 1 is 0.319 bits per heavy atom. The van der Waals surface area contributed by atoms with Crippen molar-refractivity contribution in [2.45, 2.75) is 336 Å². The van der Waals surface area contributed by atoms with Gasteiger partial charge in [-0.1, -0.05) is 127 Å². The van der Waals surface area contributed by atoms with Crippen LogP contribution in [0.2, 0.25) is 0 Å². The minimum Gasteiger partial charge on any atom is -0.491 e. The monoisotopic (exact) mass is 1640 g/mol. The van der Waals surface area contributed by atoms with Gasteiger partial charge >= 0.3 is 6.11 Å². The summed E-state index contributed by atoms with van der Waals surface area (Å²) in [6.07, 6.45) is 13.1. The highest BCUT2D eigenvalue weighted by molar-refractivity contribution is 5.43. The van der Waals surface area contributed by atoms with Crippen LogP contribution < -0.4 is 28.4 Å². The third-order valence-electron chi connectivity index (χ3n) is 23.6. The SMILES string of the molecule is CC(C)(C)N1CCCC1c1ccccc1OC1CC1.CC(C)(C)N1CCCC1c1ccccc1Oc1ccccc1.CC(C)Oc1ccccc1C1CCCN1C(C)(C)C.CC(F)(F)Oc1ccccc1C1CCCN1C(C)(C)C.CC(F)Oc1ccccc1C1CCCN1C(C)(C)C.COCCOc1ccccc1C1CCCN1C(C)(C)C. The van der Waals surface area contributed by atoms with Crippen molar-refractivity contribution in [3.8, 4) is 40.2 Å². The second-order valence-electron chi connectivity index (χ2n) is 39.7. The fraction of sp³-hybridized carbons (Fsp3) is 0.592. The number of alkyl halides is 3. The smallest absolute Gasteiger partial charge is 0.394 e. The van der Waals surface area contributed by atoms with Crippen LogP contribution in [0.3, 0.4) is 0 Å². The molecule has 7 aromatic carbocycles. The van der Waals surface area contributed by atoms with Gasteiger partial charge in [0, 0.05) is 124 Å². The second-order valence-corrected chi connectivity index (χ2v) is 39.7. The van der Waals surface area contributed by atoms with E-state index in [9.17, 15) is 13.2 Å². The first-order valence-corrected chi connectivity index (χ1v) is 44.8. The second kappa shape index (κ2) is 42.8. The predicted molar refractivity (Wildman–Crippen MR) is 485 cm³/mol. The van der Waals surface area contributed by atoms with Crippen molar-refractivity contribution in [3.05, 3.63) is 209 Å². The summed E-state index contributed by atoms with van der Waals surface area (Å²) in [5.41, 5.74) is 8.29. The summed E-state index contributed by atoms with van der Waals surface area (Å²) in [6, 6.07) is 61.5. The first-order chi connectivity index (χ1) is 56.1. The van der Waals surface area contributed by atoms with E-state index in [-0.39, 0.29) is 45.4 Å². The number of likely N-dealkylation sites (tertiary alicyclic amines) is 6. The third kappa shape index (κ3) is 28.2. The summed E-state index contributed by atoms with van der Waals surface area (Å²) in [6.45, 7) is 55.2. The maximum Gasteiger partial charge on any atom is 0.394 e. The largest absolute Gasteiger partial charge is 0.491 e. The number of nitrogens with zero attached hydrogens (tertiary/aromatic N) is 6. The van der Waals surface area contributed by atoms with Crippen LogP contribution in [0.4, 0.5) is 13.2 Å². The van der Waals surface area contributed by atoms with Crippen molar-refractivity contribution in [2.24, 2.45) is 0 Å². The quantitative estimate of drug-likeness (QED) is 0.0680. The van der Waals surface area contributed by atoms with Crippen molar-refractivity contribution >= 4 is 0 Å². The molecule has 7 fully saturated rings. The van der Waals surface area contributed by atoms with E-state index in [2.05, 4.69) is 265 Å². The molecule has 7 aliphatic rings. The molecule has 0 spiro atoms. The first-order valence-electron chi connectivity index (χ1n) is 44.8. The van der Waals surface area contributed by atoms with Gasteiger partial charge in [-0.05, 0) is 316 Å². The Kier molecular flexibility index (Phi) is 34.4. The van der Waals surface area contributed by atoms with E-state index in [1.165, 1.54) is 119 Å². The van der Waals surface area contributed by atoms with E-state index < -0.39 is 12.5 Å². The van der Waals surface area contributed by atoms with Crippen LogP contribution in [0.5, 0.6) is 40.2 Å². The van der Waals surface area contributed by atoms with Crippen molar-refractivity contribution in [1.82, 2.24) is 29.4 Å². The van der Waals surface area contributed by atoms with Gasteiger partial charge < -0.3 is 33.2 Å². The Bertz CT molecular complexity index is 3980. The number of benzene rings is 7. The highest BCUT2D eigenvalue weighted by atomic mass is 19.3. The number of halogens is 3. The van der Waals surface area contributed by atoms with Crippen LogP contribution in [-0.2, 0) is 4.74 Å². The van der Waals surface area contributed by atoms with Crippen molar-refractivity contribution < 1.29 is 46.3 Å². The summed E-state index contributed by atoms with van der Waals surface area (Å²) in [4.78, 5) is 15.3. The molecule has 0 radical (unpaired) electrons. The van der Waals surface area contributed by atoms with Crippen molar-refractivity contribution in [1.29, 1.82) is 0 Å². The molecule has 119 heavy (non-hydrogen) atoms.